The monoisotopic (exact) mass is 316 g/mol. The van der Waals surface area contributed by atoms with Gasteiger partial charge in [-0.05, 0) is 49.4 Å². The first kappa shape index (κ1) is 17.9. The van der Waals surface area contributed by atoms with Crippen LogP contribution >= 0.6 is 12.4 Å². The minimum Gasteiger partial charge on any atom is -0.381 e. The Morgan fingerprint density at radius 3 is 2.71 bits per heavy atom. The standard InChI is InChI=1S/C15H21FN2O2.ClH/c1-11-10-13(16)3-2-12(11)4-7-18-14(19)15(17)5-8-20-9-6-15;/h2-3,10H,4-9,17H2,1H3,(H,18,19);1H. The molecule has 1 saturated heterocycles. The fourth-order valence-electron chi connectivity index (χ4n) is 2.39. The highest BCUT2D eigenvalue weighted by Gasteiger charge is 2.35. The zero-order valence-electron chi connectivity index (χ0n) is 12.2. The van der Waals surface area contributed by atoms with E-state index in [1.165, 1.54) is 12.1 Å². The molecule has 3 N–H and O–H groups in total. The number of hydrogen-bond donors (Lipinski definition) is 2. The number of nitrogens with one attached hydrogen (secondary N) is 1. The van der Waals surface area contributed by atoms with Gasteiger partial charge in [-0.15, -0.1) is 12.4 Å². The quantitative estimate of drug-likeness (QED) is 0.889. The van der Waals surface area contributed by atoms with Crippen molar-refractivity contribution in [1.29, 1.82) is 0 Å². The SMILES string of the molecule is Cc1cc(F)ccc1CCNC(=O)C1(N)CCOCC1.Cl. The highest BCUT2D eigenvalue weighted by atomic mass is 35.5. The summed E-state index contributed by atoms with van der Waals surface area (Å²) in [6.07, 6.45) is 1.77. The molecule has 0 saturated carbocycles. The number of halogens is 2. The fourth-order valence-corrected chi connectivity index (χ4v) is 2.39. The molecule has 0 spiro atoms. The first-order valence-electron chi connectivity index (χ1n) is 6.91. The van der Waals surface area contributed by atoms with Gasteiger partial charge in [-0.3, -0.25) is 4.79 Å². The van der Waals surface area contributed by atoms with Crippen molar-refractivity contribution in [3.05, 3.63) is 35.1 Å². The Bertz CT molecular complexity index is 491. The fraction of sp³-hybridized carbons (Fsp3) is 0.533. The molecule has 0 atom stereocenters. The zero-order chi connectivity index (χ0) is 14.6. The van der Waals surface area contributed by atoms with Crippen LogP contribution in [0.3, 0.4) is 0 Å². The minimum absolute atomic E-state index is 0. The van der Waals surface area contributed by atoms with Crippen LogP contribution in [0, 0.1) is 12.7 Å². The van der Waals surface area contributed by atoms with E-state index < -0.39 is 5.54 Å². The van der Waals surface area contributed by atoms with Crippen LogP contribution in [0.15, 0.2) is 18.2 Å². The van der Waals surface area contributed by atoms with E-state index in [0.29, 0.717) is 39.0 Å². The van der Waals surface area contributed by atoms with E-state index in [1.807, 2.05) is 6.92 Å². The van der Waals surface area contributed by atoms with Gasteiger partial charge in [0.05, 0.1) is 5.54 Å². The van der Waals surface area contributed by atoms with E-state index in [4.69, 9.17) is 10.5 Å². The van der Waals surface area contributed by atoms with Gasteiger partial charge in [0.15, 0.2) is 0 Å². The number of aryl methyl sites for hydroxylation is 1. The highest BCUT2D eigenvalue weighted by Crippen LogP contribution is 2.17. The Kier molecular flexibility index (Phi) is 6.58. The summed E-state index contributed by atoms with van der Waals surface area (Å²) in [5, 5.41) is 2.87. The molecule has 0 unspecified atom stereocenters. The first-order valence-corrected chi connectivity index (χ1v) is 6.91. The molecule has 1 aromatic carbocycles. The third-order valence-electron chi connectivity index (χ3n) is 3.82. The van der Waals surface area contributed by atoms with Crippen LogP contribution < -0.4 is 11.1 Å². The topological polar surface area (TPSA) is 64.4 Å². The smallest absolute Gasteiger partial charge is 0.240 e. The number of nitrogens with two attached hydrogens (primary N) is 1. The van der Waals surface area contributed by atoms with E-state index >= 15 is 0 Å². The van der Waals surface area contributed by atoms with Crippen molar-refractivity contribution in [3.63, 3.8) is 0 Å². The lowest BCUT2D eigenvalue weighted by atomic mass is 9.90. The number of amides is 1. The molecule has 1 amide bonds. The minimum atomic E-state index is -0.809. The molecule has 4 nitrogen and oxygen atoms in total. The van der Waals surface area contributed by atoms with Crippen molar-refractivity contribution in [2.24, 2.45) is 5.73 Å². The van der Waals surface area contributed by atoms with Crippen LogP contribution in [0.4, 0.5) is 4.39 Å². The number of hydrogen-bond acceptors (Lipinski definition) is 3. The van der Waals surface area contributed by atoms with Crippen molar-refractivity contribution >= 4 is 18.3 Å². The largest absolute Gasteiger partial charge is 0.381 e. The van der Waals surface area contributed by atoms with E-state index in [1.54, 1.807) is 6.07 Å². The number of ether oxygens (including phenoxy) is 1. The lowest BCUT2D eigenvalue weighted by Crippen LogP contribution is -2.57. The second-order valence-corrected chi connectivity index (χ2v) is 5.35. The number of carbonyl (C=O) groups is 1. The van der Waals surface area contributed by atoms with Crippen molar-refractivity contribution in [2.45, 2.75) is 31.7 Å². The average Bonchev–Trinajstić information content (AvgIpc) is 2.42. The van der Waals surface area contributed by atoms with Gasteiger partial charge < -0.3 is 15.8 Å². The van der Waals surface area contributed by atoms with Gasteiger partial charge in [-0.1, -0.05) is 6.07 Å². The third kappa shape index (κ3) is 4.66. The van der Waals surface area contributed by atoms with Crippen molar-refractivity contribution in [2.75, 3.05) is 19.8 Å². The normalized spacial score (nSPS) is 16.9. The van der Waals surface area contributed by atoms with Gasteiger partial charge in [-0.2, -0.15) is 0 Å². The molecule has 118 valence electrons. The molecule has 0 bridgehead atoms. The van der Waals surface area contributed by atoms with E-state index in [2.05, 4.69) is 5.32 Å². The number of carbonyl (C=O) groups excluding carboxylic acids is 1. The maximum absolute atomic E-state index is 13.0. The number of benzene rings is 1. The van der Waals surface area contributed by atoms with Gasteiger partial charge in [0, 0.05) is 19.8 Å². The summed E-state index contributed by atoms with van der Waals surface area (Å²) in [6, 6.07) is 4.69. The third-order valence-corrected chi connectivity index (χ3v) is 3.82. The first-order chi connectivity index (χ1) is 9.51. The summed E-state index contributed by atoms with van der Waals surface area (Å²) in [5.41, 5.74) is 7.21. The Morgan fingerprint density at radius 2 is 2.10 bits per heavy atom. The van der Waals surface area contributed by atoms with E-state index in [-0.39, 0.29) is 24.1 Å². The Hall–Kier alpha value is -1.17. The molecule has 6 heteroatoms. The summed E-state index contributed by atoms with van der Waals surface area (Å²) >= 11 is 0. The maximum atomic E-state index is 13.0. The molecule has 21 heavy (non-hydrogen) atoms. The Labute approximate surface area is 130 Å². The van der Waals surface area contributed by atoms with Crippen LogP contribution in [0.1, 0.15) is 24.0 Å². The van der Waals surface area contributed by atoms with Crippen LogP contribution in [-0.4, -0.2) is 31.2 Å². The molecular formula is C15H22ClFN2O2. The molecule has 0 aliphatic carbocycles. The van der Waals surface area contributed by atoms with Gasteiger partial charge in [-0.25, -0.2) is 4.39 Å². The highest BCUT2D eigenvalue weighted by molar-refractivity contribution is 5.86. The van der Waals surface area contributed by atoms with E-state index in [9.17, 15) is 9.18 Å². The van der Waals surface area contributed by atoms with E-state index in [0.717, 1.165) is 11.1 Å². The molecule has 1 fully saturated rings. The number of rotatable bonds is 4. The van der Waals surface area contributed by atoms with Gasteiger partial charge in [0.1, 0.15) is 5.82 Å². The average molecular weight is 317 g/mol. The molecule has 1 aliphatic rings. The van der Waals surface area contributed by atoms with Crippen LogP contribution in [0.25, 0.3) is 0 Å². The molecule has 1 aromatic rings. The maximum Gasteiger partial charge on any atom is 0.240 e. The summed E-state index contributed by atoms with van der Waals surface area (Å²) in [4.78, 5) is 12.1. The van der Waals surface area contributed by atoms with Gasteiger partial charge >= 0.3 is 0 Å². The van der Waals surface area contributed by atoms with Crippen molar-refractivity contribution < 1.29 is 13.9 Å². The second kappa shape index (κ2) is 7.73. The predicted molar refractivity (Wildman–Crippen MR) is 82.1 cm³/mol. The van der Waals surface area contributed by atoms with Crippen LogP contribution in [0.5, 0.6) is 0 Å². The van der Waals surface area contributed by atoms with Gasteiger partial charge in [0.25, 0.3) is 0 Å². The molecule has 0 aromatic heterocycles. The second-order valence-electron chi connectivity index (χ2n) is 5.35. The molecular weight excluding hydrogens is 295 g/mol. The Balaban J connectivity index is 0.00000220. The summed E-state index contributed by atoms with van der Waals surface area (Å²) in [6.45, 7) is 3.43. The summed E-state index contributed by atoms with van der Waals surface area (Å²) in [5.74, 6) is -0.362. The predicted octanol–water partition coefficient (Wildman–Crippen LogP) is 1.72. The van der Waals surface area contributed by atoms with Crippen LogP contribution in [-0.2, 0) is 16.0 Å². The van der Waals surface area contributed by atoms with Gasteiger partial charge in [0.2, 0.25) is 5.91 Å². The molecule has 1 aliphatic heterocycles. The van der Waals surface area contributed by atoms with Crippen molar-refractivity contribution in [1.82, 2.24) is 5.32 Å². The van der Waals surface area contributed by atoms with Crippen molar-refractivity contribution in [3.8, 4) is 0 Å². The molecule has 1 heterocycles. The Morgan fingerprint density at radius 1 is 1.43 bits per heavy atom. The zero-order valence-corrected chi connectivity index (χ0v) is 13.0. The van der Waals surface area contributed by atoms with Crippen LogP contribution in [0.2, 0.25) is 0 Å². The lowest BCUT2D eigenvalue weighted by molar-refractivity contribution is -0.129. The summed E-state index contributed by atoms with van der Waals surface area (Å²) in [7, 11) is 0. The lowest BCUT2D eigenvalue weighted by Gasteiger charge is -2.31. The molecule has 0 radical (unpaired) electrons. The molecule has 2 rings (SSSR count). The summed E-state index contributed by atoms with van der Waals surface area (Å²) < 4.78 is 18.2.